The highest BCUT2D eigenvalue weighted by molar-refractivity contribution is 5.38. The molecule has 2 fully saturated rings. The molecule has 4 nitrogen and oxygen atoms in total. The molecule has 4 heteroatoms. The maximum absolute atomic E-state index is 11.9. The molecule has 2 aromatic carbocycles. The lowest BCUT2D eigenvalue weighted by atomic mass is 9.55. The van der Waals surface area contributed by atoms with Crippen LogP contribution in [0.3, 0.4) is 0 Å². The number of fused-ring (bicyclic) bond motifs is 1. The third-order valence-electron chi connectivity index (χ3n) is 6.89. The van der Waals surface area contributed by atoms with E-state index in [9.17, 15) is 10.2 Å². The van der Waals surface area contributed by atoms with Crippen molar-refractivity contribution in [2.45, 2.75) is 49.2 Å². The molecule has 1 unspecified atom stereocenters. The molecule has 2 aromatic rings. The van der Waals surface area contributed by atoms with Gasteiger partial charge in [0.05, 0.1) is 18.8 Å². The Labute approximate surface area is 167 Å². The fourth-order valence-electron chi connectivity index (χ4n) is 5.28. The molecule has 1 aliphatic carbocycles. The van der Waals surface area contributed by atoms with Crippen molar-refractivity contribution in [1.82, 2.24) is 4.90 Å². The fraction of sp³-hybridized carbons (Fsp3) is 0.500. The average Bonchev–Trinajstić information content (AvgIpc) is 2.73. The second-order valence-electron chi connectivity index (χ2n) is 8.50. The van der Waals surface area contributed by atoms with E-state index >= 15 is 0 Å². The number of likely N-dealkylation sites (tertiary alicyclic amines) is 1. The average molecular weight is 382 g/mol. The molecule has 0 radical (unpaired) electrons. The summed E-state index contributed by atoms with van der Waals surface area (Å²) in [6.45, 7) is 2.53. The molecule has 1 heterocycles. The van der Waals surface area contributed by atoms with Crippen LogP contribution in [0.15, 0.2) is 54.6 Å². The van der Waals surface area contributed by atoms with E-state index in [1.807, 2.05) is 24.3 Å². The van der Waals surface area contributed by atoms with Gasteiger partial charge >= 0.3 is 0 Å². The maximum Gasteiger partial charge on any atom is 0.119 e. The molecule has 1 saturated carbocycles. The van der Waals surface area contributed by atoms with Gasteiger partial charge < -0.3 is 19.8 Å². The Morgan fingerprint density at radius 2 is 1.93 bits per heavy atom. The van der Waals surface area contributed by atoms with E-state index in [0.717, 1.165) is 37.2 Å². The first-order chi connectivity index (χ1) is 13.5. The number of aliphatic hydroxyl groups is 2. The summed E-state index contributed by atoms with van der Waals surface area (Å²) < 4.78 is 5.44. The minimum absolute atomic E-state index is 0.359. The first-order valence-corrected chi connectivity index (χ1v) is 10.4. The molecule has 2 N–H and O–H groups in total. The molecule has 2 aliphatic rings. The van der Waals surface area contributed by atoms with E-state index in [1.54, 1.807) is 7.11 Å². The van der Waals surface area contributed by atoms with Gasteiger partial charge in [0.25, 0.3) is 0 Å². The van der Waals surface area contributed by atoms with Gasteiger partial charge in [0.15, 0.2) is 0 Å². The number of hydrogen-bond acceptors (Lipinski definition) is 4. The summed E-state index contributed by atoms with van der Waals surface area (Å²) in [5.41, 5.74) is 1.18. The molecule has 150 valence electrons. The van der Waals surface area contributed by atoms with Crippen LogP contribution in [0, 0.1) is 0 Å². The highest BCUT2D eigenvalue weighted by atomic mass is 16.5. The van der Waals surface area contributed by atoms with Crippen molar-refractivity contribution in [2.75, 3.05) is 26.7 Å². The number of ether oxygens (including phenoxy) is 1. The third-order valence-corrected chi connectivity index (χ3v) is 6.89. The zero-order valence-corrected chi connectivity index (χ0v) is 16.7. The lowest BCUT2D eigenvalue weighted by molar-refractivity contribution is -0.142. The Morgan fingerprint density at radius 1 is 1.11 bits per heavy atom. The summed E-state index contributed by atoms with van der Waals surface area (Å²) in [4.78, 5) is 2.39. The number of nitrogens with zero attached hydrogens (tertiary/aromatic N) is 1. The van der Waals surface area contributed by atoms with E-state index in [4.69, 9.17) is 4.74 Å². The lowest BCUT2D eigenvalue weighted by Gasteiger charge is -2.57. The van der Waals surface area contributed by atoms with Crippen LogP contribution < -0.4 is 4.74 Å². The van der Waals surface area contributed by atoms with Crippen LogP contribution in [0.25, 0.3) is 0 Å². The van der Waals surface area contributed by atoms with Crippen molar-refractivity contribution in [1.29, 1.82) is 0 Å². The van der Waals surface area contributed by atoms with Gasteiger partial charge in [-0.3, -0.25) is 0 Å². The maximum atomic E-state index is 11.9. The van der Waals surface area contributed by atoms with Crippen LogP contribution in [0.2, 0.25) is 0 Å². The molecule has 4 rings (SSSR count). The van der Waals surface area contributed by atoms with Crippen molar-refractivity contribution < 1.29 is 14.9 Å². The summed E-state index contributed by atoms with van der Waals surface area (Å²) in [5, 5.41) is 22.3. The Bertz CT molecular complexity index is 795. The normalized spacial score (nSPS) is 30.6. The molecule has 28 heavy (non-hydrogen) atoms. The number of hydrogen-bond donors (Lipinski definition) is 2. The minimum atomic E-state index is -0.826. The van der Waals surface area contributed by atoms with Gasteiger partial charge in [-0.1, -0.05) is 42.5 Å². The van der Waals surface area contributed by atoms with Crippen molar-refractivity contribution >= 4 is 0 Å². The van der Waals surface area contributed by atoms with Crippen molar-refractivity contribution in [2.24, 2.45) is 0 Å². The van der Waals surface area contributed by atoms with Crippen LogP contribution in [0.1, 0.15) is 36.8 Å². The Hall–Kier alpha value is -1.88. The van der Waals surface area contributed by atoms with Gasteiger partial charge in [-0.25, -0.2) is 0 Å². The molecule has 0 amide bonds. The smallest absolute Gasteiger partial charge is 0.119 e. The number of piperidine rings is 1. The molecule has 0 spiro atoms. The highest BCUT2D eigenvalue weighted by Crippen LogP contribution is 2.52. The van der Waals surface area contributed by atoms with Crippen LogP contribution in [0.4, 0.5) is 0 Å². The summed E-state index contributed by atoms with van der Waals surface area (Å²) in [7, 11) is 1.67. The van der Waals surface area contributed by atoms with Gasteiger partial charge in [0.2, 0.25) is 0 Å². The lowest BCUT2D eigenvalue weighted by Crippen LogP contribution is -2.66. The predicted octanol–water partition coefficient (Wildman–Crippen LogP) is 3.16. The number of aliphatic hydroxyl groups excluding tert-OH is 1. The topological polar surface area (TPSA) is 52.9 Å². The van der Waals surface area contributed by atoms with Crippen molar-refractivity contribution in [3.05, 3.63) is 65.7 Å². The van der Waals surface area contributed by atoms with Gasteiger partial charge in [-0.15, -0.1) is 0 Å². The summed E-state index contributed by atoms with van der Waals surface area (Å²) in [6.07, 6.45) is 3.39. The van der Waals surface area contributed by atoms with Crippen molar-refractivity contribution in [3.63, 3.8) is 0 Å². The van der Waals surface area contributed by atoms with Crippen LogP contribution in [-0.2, 0) is 11.8 Å². The summed E-state index contributed by atoms with van der Waals surface area (Å²) >= 11 is 0. The molecular formula is C24H31NO3. The van der Waals surface area contributed by atoms with Gasteiger partial charge in [-0.05, 0) is 61.9 Å². The molecule has 3 atom stereocenters. The van der Waals surface area contributed by atoms with Gasteiger partial charge in [0, 0.05) is 18.5 Å². The SMILES string of the molecule is COc1cccc([C@]23CCN(CCc4ccccc4)C[C@]2(O)CCC(O)C3)c1. The molecular weight excluding hydrogens is 350 g/mol. The van der Waals surface area contributed by atoms with E-state index < -0.39 is 11.0 Å². The summed E-state index contributed by atoms with van der Waals surface area (Å²) in [6, 6.07) is 18.6. The van der Waals surface area contributed by atoms with E-state index in [-0.39, 0.29) is 6.10 Å². The number of β-amino-alcohol motifs (C(OH)–C–C–N with tert-alkyl or cyclic N) is 1. The Kier molecular flexibility index (Phi) is 5.46. The predicted molar refractivity (Wildman–Crippen MR) is 111 cm³/mol. The van der Waals surface area contributed by atoms with Crippen LogP contribution in [-0.4, -0.2) is 53.6 Å². The molecule has 1 aliphatic heterocycles. The van der Waals surface area contributed by atoms with E-state index in [1.165, 1.54) is 5.56 Å². The number of benzene rings is 2. The largest absolute Gasteiger partial charge is 0.497 e. The standard InChI is InChI=1S/C24H31NO3/c1-28-22-9-5-8-20(16-22)23-13-15-25(14-11-19-6-3-2-4-7-19)18-24(23,27)12-10-21(26)17-23/h2-9,16,21,26-27H,10-15,17-18H2,1H3/t21?,23-,24-/m1/s1. The second-order valence-corrected chi connectivity index (χ2v) is 8.50. The zero-order chi connectivity index (χ0) is 19.6. The van der Waals surface area contributed by atoms with Crippen LogP contribution >= 0.6 is 0 Å². The summed E-state index contributed by atoms with van der Waals surface area (Å²) in [5.74, 6) is 0.806. The van der Waals surface area contributed by atoms with Gasteiger partial charge in [0.1, 0.15) is 5.75 Å². The first-order valence-electron chi connectivity index (χ1n) is 10.4. The van der Waals surface area contributed by atoms with E-state index in [2.05, 4.69) is 35.2 Å². The monoisotopic (exact) mass is 381 g/mol. The third kappa shape index (κ3) is 3.57. The zero-order valence-electron chi connectivity index (χ0n) is 16.7. The molecule has 0 aromatic heterocycles. The quantitative estimate of drug-likeness (QED) is 0.835. The van der Waals surface area contributed by atoms with Gasteiger partial charge in [-0.2, -0.15) is 0 Å². The van der Waals surface area contributed by atoms with Crippen molar-refractivity contribution in [3.8, 4) is 5.75 Å². The number of rotatable bonds is 5. The van der Waals surface area contributed by atoms with Crippen LogP contribution in [0.5, 0.6) is 5.75 Å². The Morgan fingerprint density at radius 3 is 2.71 bits per heavy atom. The number of methoxy groups -OCH3 is 1. The fourth-order valence-corrected chi connectivity index (χ4v) is 5.28. The minimum Gasteiger partial charge on any atom is -0.497 e. The van der Waals surface area contributed by atoms with E-state index in [0.29, 0.717) is 25.8 Å². The highest BCUT2D eigenvalue weighted by Gasteiger charge is 2.57. The molecule has 0 bridgehead atoms. The first kappa shape index (κ1) is 19.4. The second kappa shape index (κ2) is 7.86. The molecule has 1 saturated heterocycles. The Balaban J connectivity index is 1.57.